The Hall–Kier alpha value is -2.49. The van der Waals surface area contributed by atoms with E-state index in [1.807, 2.05) is 11.9 Å². The van der Waals surface area contributed by atoms with Crippen LogP contribution in [-0.2, 0) is 6.54 Å². The smallest absolute Gasteiger partial charge is 0.337 e. The second-order valence-corrected chi connectivity index (χ2v) is 5.36. The summed E-state index contributed by atoms with van der Waals surface area (Å²) in [4.78, 5) is 13.3. The van der Waals surface area contributed by atoms with Crippen LogP contribution in [0.1, 0.15) is 27.0 Å². The van der Waals surface area contributed by atoms with E-state index in [1.54, 1.807) is 12.1 Å². The molecule has 2 aromatic rings. The first-order valence-electron chi connectivity index (χ1n) is 6.78. The van der Waals surface area contributed by atoms with E-state index in [-0.39, 0.29) is 5.56 Å². The number of anilines is 2. The van der Waals surface area contributed by atoms with Gasteiger partial charge in [0.2, 0.25) is 0 Å². The average molecular weight is 284 g/mol. The Kier molecular flexibility index (Phi) is 4.17. The Balaban J connectivity index is 2.29. The Morgan fingerprint density at radius 1 is 1.14 bits per heavy atom. The number of carboxylic acids is 1. The maximum absolute atomic E-state index is 11.3. The van der Waals surface area contributed by atoms with Gasteiger partial charge in [0.05, 0.1) is 11.3 Å². The lowest BCUT2D eigenvalue weighted by atomic mass is 10.1. The number of nitrogens with two attached hydrogens (primary N) is 1. The molecule has 0 aromatic heterocycles. The van der Waals surface area contributed by atoms with Crippen molar-refractivity contribution < 1.29 is 9.90 Å². The van der Waals surface area contributed by atoms with Crippen molar-refractivity contribution in [2.45, 2.75) is 20.4 Å². The van der Waals surface area contributed by atoms with Crippen LogP contribution in [0.15, 0.2) is 36.4 Å². The van der Waals surface area contributed by atoms with Gasteiger partial charge >= 0.3 is 5.97 Å². The monoisotopic (exact) mass is 284 g/mol. The molecular weight excluding hydrogens is 264 g/mol. The first-order valence-corrected chi connectivity index (χ1v) is 6.78. The summed E-state index contributed by atoms with van der Waals surface area (Å²) < 4.78 is 0. The second-order valence-electron chi connectivity index (χ2n) is 5.36. The van der Waals surface area contributed by atoms with Crippen molar-refractivity contribution >= 4 is 17.3 Å². The van der Waals surface area contributed by atoms with Crippen molar-refractivity contribution in [3.8, 4) is 0 Å². The summed E-state index contributed by atoms with van der Waals surface area (Å²) in [5, 5.41) is 9.30. The molecule has 0 amide bonds. The van der Waals surface area contributed by atoms with E-state index in [1.165, 1.54) is 17.2 Å². The molecule has 0 bridgehead atoms. The molecule has 0 saturated carbocycles. The molecule has 4 heteroatoms. The molecular formula is C17H20N2O2. The van der Waals surface area contributed by atoms with E-state index in [4.69, 9.17) is 5.73 Å². The van der Waals surface area contributed by atoms with Crippen molar-refractivity contribution in [3.63, 3.8) is 0 Å². The lowest BCUT2D eigenvalue weighted by Gasteiger charge is -2.22. The van der Waals surface area contributed by atoms with E-state index in [0.717, 1.165) is 5.56 Å². The predicted octanol–water partition coefficient (Wildman–Crippen LogP) is 3.22. The Morgan fingerprint density at radius 2 is 1.86 bits per heavy atom. The number of carbonyl (C=O) groups is 1. The molecule has 3 N–H and O–H groups in total. The number of benzene rings is 2. The van der Waals surface area contributed by atoms with Gasteiger partial charge in [0.15, 0.2) is 0 Å². The van der Waals surface area contributed by atoms with Crippen LogP contribution in [0.25, 0.3) is 0 Å². The number of rotatable bonds is 4. The number of nitrogens with zero attached hydrogens (tertiary/aromatic N) is 1. The molecule has 0 atom stereocenters. The van der Waals surface area contributed by atoms with E-state index in [9.17, 15) is 9.90 Å². The third-order valence-electron chi connectivity index (χ3n) is 3.65. The van der Waals surface area contributed by atoms with Crippen molar-refractivity contribution in [2.75, 3.05) is 17.7 Å². The minimum absolute atomic E-state index is 0.223. The highest BCUT2D eigenvalue weighted by atomic mass is 16.4. The largest absolute Gasteiger partial charge is 0.478 e. The Morgan fingerprint density at radius 3 is 2.48 bits per heavy atom. The van der Waals surface area contributed by atoms with E-state index < -0.39 is 5.97 Å². The third-order valence-corrected chi connectivity index (χ3v) is 3.65. The zero-order valence-electron chi connectivity index (χ0n) is 12.6. The Bertz CT molecular complexity index is 680. The van der Waals surface area contributed by atoms with Gasteiger partial charge in [-0.25, -0.2) is 4.79 Å². The maximum atomic E-state index is 11.3. The minimum atomic E-state index is -0.968. The van der Waals surface area contributed by atoms with Gasteiger partial charge in [-0.05, 0) is 48.7 Å². The van der Waals surface area contributed by atoms with Crippen LogP contribution in [0.3, 0.4) is 0 Å². The van der Waals surface area contributed by atoms with Crippen molar-refractivity contribution in [1.82, 2.24) is 0 Å². The summed E-state index contributed by atoms with van der Waals surface area (Å²) in [6, 6.07) is 11.2. The highest BCUT2D eigenvalue weighted by Crippen LogP contribution is 2.24. The van der Waals surface area contributed by atoms with Crippen LogP contribution in [0.2, 0.25) is 0 Å². The molecule has 0 spiro atoms. The van der Waals surface area contributed by atoms with Gasteiger partial charge in [0.1, 0.15) is 0 Å². The van der Waals surface area contributed by atoms with Gasteiger partial charge in [-0.3, -0.25) is 0 Å². The zero-order chi connectivity index (χ0) is 15.6. The summed E-state index contributed by atoms with van der Waals surface area (Å²) in [6.07, 6.45) is 0. The van der Waals surface area contributed by atoms with Crippen LogP contribution in [0, 0.1) is 13.8 Å². The molecule has 0 saturated heterocycles. The maximum Gasteiger partial charge on any atom is 0.337 e. The fourth-order valence-corrected chi connectivity index (χ4v) is 2.32. The molecule has 0 aliphatic carbocycles. The Labute approximate surface area is 124 Å². The molecule has 0 radical (unpaired) electrons. The highest BCUT2D eigenvalue weighted by molar-refractivity contribution is 5.95. The van der Waals surface area contributed by atoms with Crippen LogP contribution in [0.4, 0.5) is 11.4 Å². The highest BCUT2D eigenvalue weighted by Gasteiger charge is 2.14. The molecule has 2 aromatic carbocycles. The number of hydrogen-bond acceptors (Lipinski definition) is 3. The summed E-state index contributed by atoms with van der Waals surface area (Å²) in [5.41, 5.74) is 10.6. The first-order chi connectivity index (χ1) is 9.88. The van der Waals surface area contributed by atoms with Crippen LogP contribution in [0.5, 0.6) is 0 Å². The number of carboxylic acid groups (broad SMARTS) is 1. The van der Waals surface area contributed by atoms with Gasteiger partial charge in [0, 0.05) is 19.3 Å². The van der Waals surface area contributed by atoms with E-state index in [2.05, 4.69) is 32.0 Å². The summed E-state index contributed by atoms with van der Waals surface area (Å²) in [6.45, 7) is 4.79. The van der Waals surface area contributed by atoms with Crippen molar-refractivity contribution in [3.05, 3.63) is 58.7 Å². The topological polar surface area (TPSA) is 66.6 Å². The molecule has 0 unspecified atom stereocenters. The number of aryl methyl sites for hydroxylation is 2. The summed E-state index contributed by atoms with van der Waals surface area (Å²) in [5.74, 6) is -0.968. The fraction of sp³-hybridized carbons (Fsp3) is 0.235. The molecule has 4 nitrogen and oxygen atoms in total. The van der Waals surface area contributed by atoms with Crippen LogP contribution < -0.4 is 10.6 Å². The summed E-state index contributed by atoms with van der Waals surface area (Å²) >= 11 is 0. The van der Waals surface area contributed by atoms with Crippen LogP contribution in [-0.4, -0.2) is 18.1 Å². The van der Waals surface area contributed by atoms with Gasteiger partial charge in [-0.1, -0.05) is 18.2 Å². The zero-order valence-corrected chi connectivity index (χ0v) is 12.6. The number of hydrogen-bond donors (Lipinski definition) is 2. The quantitative estimate of drug-likeness (QED) is 0.846. The first kappa shape index (κ1) is 14.9. The van der Waals surface area contributed by atoms with Gasteiger partial charge in [0.25, 0.3) is 0 Å². The fourth-order valence-electron chi connectivity index (χ4n) is 2.32. The second kappa shape index (κ2) is 5.87. The molecule has 0 fully saturated rings. The van der Waals surface area contributed by atoms with E-state index >= 15 is 0 Å². The number of nitrogen functional groups attached to an aromatic ring is 1. The van der Waals surface area contributed by atoms with E-state index in [0.29, 0.717) is 17.9 Å². The molecule has 21 heavy (non-hydrogen) atoms. The SMILES string of the molecule is Cc1ccc(CN(C)c2ccc(N)cc2C(=O)O)cc1C. The lowest BCUT2D eigenvalue weighted by Crippen LogP contribution is -2.19. The third kappa shape index (κ3) is 3.34. The molecule has 0 aliphatic heterocycles. The molecule has 0 aliphatic rings. The summed E-state index contributed by atoms with van der Waals surface area (Å²) in [7, 11) is 1.88. The van der Waals surface area contributed by atoms with Crippen molar-refractivity contribution in [2.24, 2.45) is 0 Å². The van der Waals surface area contributed by atoms with Crippen molar-refractivity contribution in [1.29, 1.82) is 0 Å². The normalized spacial score (nSPS) is 10.4. The van der Waals surface area contributed by atoms with Gasteiger partial charge in [-0.2, -0.15) is 0 Å². The predicted molar refractivity (Wildman–Crippen MR) is 85.8 cm³/mol. The molecule has 110 valence electrons. The molecule has 0 heterocycles. The number of aromatic carboxylic acids is 1. The molecule has 2 rings (SSSR count). The standard InChI is InChI=1S/C17H20N2O2/c1-11-4-5-13(8-12(11)2)10-19(3)16-7-6-14(18)9-15(16)17(20)21/h4-9H,10,18H2,1-3H3,(H,20,21). The van der Waals surface area contributed by atoms with Crippen LogP contribution >= 0.6 is 0 Å². The minimum Gasteiger partial charge on any atom is -0.478 e. The average Bonchev–Trinajstić information content (AvgIpc) is 2.42. The van der Waals surface area contributed by atoms with Gasteiger partial charge in [-0.15, -0.1) is 0 Å². The lowest BCUT2D eigenvalue weighted by molar-refractivity contribution is 0.0697. The van der Waals surface area contributed by atoms with Gasteiger partial charge < -0.3 is 15.7 Å².